The van der Waals surface area contributed by atoms with Crippen LogP contribution in [0.25, 0.3) is 0 Å². The second-order valence-electron chi connectivity index (χ2n) is 10.3. The fourth-order valence-electron chi connectivity index (χ4n) is 2.54. The molecule has 166 valence electrons. The van der Waals surface area contributed by atoms with Crippen LogP contribution in [0, 0.1) is 5.92 Å². The Morgan fingerprint density at radius 2 is 1.62 bits per heavy atom. The van der Waals surface area contributed by atoms with Gasteiger partial charge < -0.3 is 18.5 Å². The highest BCUT2D eigenvalue weighted by molar-refractivity contribution is 6.74. The Labute approximate surface area is 179 Å². The minimum Gasteiger partial charge on any atom is -0.463 e. The topological polar surface area (TPSA) is 54.0 Å². The molecule has 0 radical (unpaired) electrons. The van der Waals surface area contributed by atoms with Crippen molar-refractivity contribution in [1.29, 1.82) is 0 Å². The Kier molecular flexibility index (Phi) is 8.57. The number of hydrogen-bond donors (Lipinski definition) is 0. The Balaban J connectivity index is 3.03. The van der Waals surface area contributed by atoms with Crippen molar-refractivity contribution in [3.63, 3.8) is 0 Å². The lowest BCUT2D eigenvalue weighted by Gasteiger charge is -2.39. The van der Waals surface area contributed by atoms with E-state index < -0.39 is 15.4 Å². The number of carbonyl (C=O) groups excluding carboxylic acids is 1. The van der Waals surface area contributed by atoms with Crippen LogP contribution in [0.5, 0.6) is 0 Å². The molecule has 1 aliphatic heterocycles. The normalized spacial score (nSPS) is 21.7. The molecule has 0 aliphatic carbocycles. The van der Waals surface area contributed by atoms with Crippen molar-refractivity contribution in [1.82, 2.24) is 0 Å². The molecule has 2 atom stereocenters. The summed E-state index contributed by atoms with van der Waals surface area (Å²) in [6.45, 7) is 23.5. The van der Waals surface area contributed by atoms with Gasteiger partial charge in [0, 0.05) is 12.0 Å². The summed E-state index contributed by atoms with van der Waals surface area (Å²) in [6.07, 6.45) is 5.16. The van der Waals surface area contributed by atoms with Crippen LogP contribution in [0.15, 0.2) is 24.2 Å². The van der Waals surface area contributed by atoms with Gasteiger partial charge in [-0.05, 0) is 52.8 Å². The number of esters is 1. The zero-order valence-corrected chi connectivity index (χ0v) is 21.3. The third-order valence-corrected chi connectivity index (χ3v) is 10.8. The van der Waals surface area contributed by atoms with Crippen molar-refractivity contribution in [3.05, 3.63) is 24.2 Å². The molecule has 0 aromatic rings. The van der Waals surface area contributed by atoms with Crippen LogP contribution < -0.4 is 0 Å². The standard InChI is InChI=1S/C22H41BO5Si/c1-12-25-19(24)14-13-17(2)18(26-29(10,11)20(3,4)5)15-16-23-27-21(6,7)22(8,9)28-23/h13-18H,12H2,1-11H3/b14-13+,16-15+/t17-,18-/m0/s1. The fraction of sp³-hybridized carbons (Fsp3) is 0.773. The minimum atomic E-state index is -2.02. The molecule has 29 heavy (non-hydrogen) atoms. The van der Waals surface area contributed by atoms with E-state index in [-0.39, 0.29) is 34.2 Å². The number of carbonyl (C=O) groups is 1. The first kappa shape index (κ1) is 26.1. The Morgan fingerprint density at radius 3 is 2.07 bits per heavy atom. The molecule has 0 bridgehead atoms. The maximum absolute atomic E-state index is 11.7. The number of rotatable bonds is 8. The minimum absolute atomic E-state index is 0.00722. The molecule has 0 amide bonds. The molecule has 1 heterocycles. The van der Waals surface area contributed by atoms with Crippen LogP contribution in [0.4, 0.5) is 0 Å². The maximum atomic E-state index is 11.7. The number of ether oxygens (including phenoxy) is 1. The molecule has 0 saturated carbocycles. The van der Waals surface area contributed by atoms with Gasteiger partial charge >= 0.3 is 13.1 Å². The van der Waals surface area contributed by atoms with Gasteiger partial charge in [0.2, 0.25) is 0 Å². The van der Waals surface area contributed by atoms with E-state index in [2.05, 4.69) is 33.9 Å². The monoisotopic (exact) mass is 424 g/mol. The number of hydrogen-bond acceptors (Lipinski definition) is 5. The first-order valence-corrected chi connectivity index (χ1v) is 13.5. The quantitative estimate of drug-likeness (QED) is 0.300. The molecule has 0 aromatic carbocycles. The molecule has 5 nitrogen and oxygen atoms in total. The summed E-state index contributed by atoms with van der Waals surface area (Å²) in [5, 5.41) is 0.0774. The van der Waals surface area contributed by atoms with Crippen molar-refractivity contribution in [3.8, 4) is 0 Å². The highest BCUT2D eigenvalue weighted by Gasteiger charge is 2.50. The van der Waals surface area contributed by atoms with Crippen LogP contribution in [-0.2, 0) is 23.3 Å². The molecule has 7 heteroatoms. The van der Waals surface area contributed by atoms with E-state index in [1.54, 1.807) is 6.92 Å². The van der Waals surface area contributed by atoms with Crippen LogP contribution >= 0.6 is 0 Å². The average molecular weight is 424 g/mol. The van der Waals surface area contributed by atoms with E-state index in [1.165, 1.54) is 6.08 Å². The Morgan fingerprint density at radius 1 is 1.10 bits per heavy atom. The molecule has 0 unspecified atom stereocenters. The molecule has 0 spiro atoms. The van der Waals surface area contributed by atoms with E-state index in [1.807, 2.05) is 52.7 Å². The summed E-state index contributed by atoms with van der Waals surface area (Å²) < 4.78 is 23.8. The maximum Gasteiger partial charge on any atom is 0.486 e. The lowest BCUT2D eigenvalue weighted by atomic mass is 9.88. The van der Waals surface area contributed by atoms with Crippen LogP contribution in [0.3, 0.4) is 0 Å². The summed E-state index contributed by atoms with van der Waals surface area (Å²) in [7, 11) is -2.44. The first-order chi connectivity index (χ1) is 13.0. The predicted octanol–water partition coefficient (Wildman–Crippen LogP) is 5.32. The SMILES string of the molecule is CCOC(=O)/C=C/[C@H](C)[C@H](/C=C/B1OC(C)(C)C(C)(C)O1)O[Si](C)(C)C(C)(C)C. The van der Waals surface area contributed by atoms with Crippen LogP contribution in [0.1, 0.15) is 62.3 Å². The molecular formula is C22H41BO5Si. The van der Waals surface area contributed by atoms with Gasteiger partial charge in [-0.25, -0.2) is 4.79 Å². The van der Waals surface area contributed by atoms with Gasteiger partial charge in [-0.15, -0.1) is 0 Å². The molecule has 1 fully saturated rings. The zero-order chi connectivity index (χ0) is 22.7. The third-order valence-electron chi connectivity index (χ3n) is 6.31. The van der Waals surface area contributed by atoms with Crippen LogP contribution in [-0.4, -0.2) is 45.3 Å². The van der Waals surface area contributed by atoms with Crippen molar-refractivity contribution in [2.45, 2.75) is 97.8 Å². The van der Waals surface area contributed by atoms with E-state index in [0.29, 0.717) is 6.61 Å². The first-order valence-electron chi connectivity index (χ1n) is 10.6. The van der Waals surface area contributed by atoms with Crippen molar-refractivity contribution in [2.75, 3.05) is 6.61 Å². The van der Waals surface area contributed by atoms with Crippen molar-refractivity contribution < 1.29 is 23.3 Å². The van der Waals surface area contributed by atoms with Gasteiger partial charge in [-0.1, -0.05) is 45.8 Å². The Bertz CT molecular complexity index is 603. The van der Waals surface area contributed by atoms with E-state index >= 15 is 0 Å². The average Bonchev–Trinajstić information content (AvgIpc) is 2.75. The molecule has 0 N–H and O–H groups in total. The van der Waals surface area contributed by atoms with Gasteiger partial charge in [-0.2, -0.15) is 0 Å². The summed E-state index contributed by atoms with van der Waals surface area (Å²) >= 11 is 0. The van der Waals surface area contributed by atoms with E-state index in [0.717, 1.165) is 0 Å². The summed E-state index contributed by atoms with van der Waals surface area (Å²) in [4.78, 5) is 11.7. The van der Waals surface area contributed by atoms with Gasteiger partial charge in [-0.3, -0.25) is 0 Å². The second kappa shape index (κ2) is 9.50. The van der Waals surface area contributed by atoms with Gasteiger partial charge in [0.15, 0.2) is 8.32 Å². The van der Waals surface area contributed by atoms with Gasteiger partial charge in [0.05, 0.1) is 23.9 Å². The summed E-state index contributed by atoms with van der Waals surface area (Å²) in [5.41, 5.74) is -0.763. The highest BCUT2D eigenvalue weighted by Crippen LogP contribution is 2.39. The molecule has 1 saturated heterocycles. The summed E-state index contributed by atoms with van der Waals surface area (Å²) in [5.74, 6) is 1.59. The van der Waals surface area contributed by atoms with Crippen molar-refractivity contribution >= 4 is 21.4 Å². The van der Waals surface area contributed by atoms with Crippen LogP contribution in [0.2, 0.25) is 18.1 Å². The van der Waals surface area contributed by atoms with E-state index in [9.17, 15) is 4.79 Å². The molecule has 1 rings (SSSR count). The van der Waals surface area contributed by atoms with Crippen molar-refractivity contribution in [2.24, 2.45) is 5.92 Å². The molecule has 0 aromatic heterocycles. The van der Waals surface area contributed by atoms with Gasteiger partial charge in [0.25, 0.3) is 0 Å². The lowest BCUT2D eigenvalue weighted by Crippen LogP contribution is -2.45. The van der Waals surface area contributed by atoms with Gasteiger partial charge in [0.1, 0.15) is 0 Å². The summed E-state index contributed by atoms with van der Waals surface area (Å²) in [6, 6.07) is 0. The highest BCUT2D eigenvalue weighted by atomic mass is 28.4. The Hall–Kier alpha value is -0.888. The smallest absolute Gasteiger partial charge is 0.463 e. The zero-order valence-electron chi connectivity index (χ0n) is 20.3. The third kappa shape index (κ3) is 7.09. The fourth-order valence-corrected chi connectivity index (χ4v) is 3.86. The second-order valence-corrected chi connectivity index (χ2v) is 15.1. The predicted molar refractivity (Wildman–Crippen MR) is 122 cm³/mol. The lowest BCUT2D eigenvalue weighted by molar-refractivity contribution is -0.137. The molecular weight excluding hydrogens is 383 g/mol. The largest absolute Gasteiger partial charge is 0.486 e. The molecule has 1 aliphatic rings. The van der Waals surface area contributed by atoms with E-state index in [4.69, 9.17) is 18.5 Å².